The van der Waals surface area contributed by atoms with Crippen molar-refractivity contribution in [3.63, 3.8) is 0 Å². The van der Waals surface area contributed by atoms with Crippen molar-refractivity contribution in [2.24, 2.45) is 0 Å². The minimum atomic E-state index is -1.66. The van der Waals surface area contributed by atoms with Crippen LogP contribution < -0.4 is 5.19 Å². The summed E-state index contributed by atoms with van der Waals surface area (Å²) in [5.74, 6) is -0.966. The van der Waals surface area contributed by atoms with Gasteiger partial charge in [0.1, 0.15) is 0 Å². The number of esters is 2. The Labute approximate surface area is 133 Å². The smallest absolute Gasteiger partial charge is 0.339 e. The second-order valence-electron chi connectivity index (χ2n) is 6.24. The summed E-state index contributed by atoms with van der Waals surface area (Å²) in [6.07, 6.45) is 1.50. The number of benzene rings is 1. The summed E-state index contributed by atoms with van der Waals surface area (Å²) in [4.78, 5) is 24.4. The van der Waals surface area contributed by atoms with Crippen LogP contribution in [0.3, 0.4) is 0 Å². The maximum atomic E-state index is 12.2. The third-order valence-electron chi connectivity index (χ3n) is 3.86. The maximum Gasteiger partial charge on any atom is 0.339 e. The summed E-state index contributed by atoms with van der Waals surface area (Å²) in [5, 5.41) is 1.21. The highest BCUT2D eigenvalue weighted by atomic mass is 28.3. The molecule has 0 saturated carbocycles. The lowest BCUT2D eigenvalue weighted by atomic mass is 9.92. The molecule has 1 aromatic rings. The highest BCUT2D eigenvalue weighted by molar-refractivity contribution is 6.89. The number of hydrogen-bond acceptors (Lipinski definition) is 4. The van der Waals surface area contributed by atoms with E-state index in [4.69, 9.17) is 9.47 Å². The lowest BCUT2D eigenvalue weighted by Crippen LogP contribution is -2.42. The first kappa shape index (κ1) is 18.4. The predicted molar refractivity (Wildman–Crippen MR) is 90.9 cm³/mol. The molecule has 0 atom stereocenters. The van der Waals surface area contributed by atoms with Crippen LogP contribution in [0, 0.1) is 0 Å². The first-order valence-corrected chi connectivity index (χ1v) is 11.1. The highest BCUT2D eigenvalue weighted by Crippen LogP contribution is 2.24. The molecular formula is C17H26O4Si. The van der Waals surface area contributed by atoms with E-state index < -0.39 is 20.0 Å². The van der Waals surface area contributed by atoms with Crippen molar-refractivity contribution in [1.82, 2.24) is 0 Å². The number of hydrogen-bond donors (Lipinski definition) is 0. The first-order valence-electron chi connectivity index (χ1n) is 7.58. The van der Waals surface area contributed by atoms with Crippen molar-refractivity contribution in [2.75, 3.05) is 14.2 Å². The van der Waals surface area contributed by atoms with Crippen LogP contribution in [-0.2, 0) is 22.3 Å². The number of carbonyl (C=O) groups excluding carboxylic acids is 2. The number of ether oxygens (including phenoxy) is 2. The van der Waals surface area contributed by atoms with Crippen LogP contribution in [-0.4, -0.2) is 34.2 Å². The van der Waals surface area contributed by atoms with Crippen molar-refractivity contribution < 1.29 is 19.1 Å². The Hall–Kier alpha value is -1.62. The Kier molecular flexibility index (Phi) is 5.94. The zero-order chi connectivity index (χ0) is 17.1. The molecule has 0 bridgehead atoms. The van der Waals surface area contributed by atoms with Gasteiger partial charge in [0.15, 0.2) is 0 Å². The summed E-state index contributed by atoms with van der Waals surface area (Å²) in [6, 6.07) is 1.85. The van der Waals surface area contributed by atoms with E-state index in [-0.39, 0.29) is 0 Å². The van der Waals surface area contributed by atoms with Crippen molar-refractivity contribution in [2.45, 2.75) is 46.3 Å². The van der Waals surface area contributed by atoms with Gasteiger partial charge in [-0.15, -0.1) is 0 Å². The van der Waals surface area contributed by atoms with Gasteiger partial charge in [0, 0.05) is 0 Å². The first-order chi connectivity index (χ1) is 10.2. The summed E-state index contributed by atoms with van der Waals surface area (Å²) < 4.78 is 9.78. The molecule has 0 aliphatic carbocycles. The molecule has 5 heteroatoms. The maximum absolute atomic E-state index is 12.2. The van der Waals surface area contributed by atoms with Crippen LogP contribution in [0.15, 0.2) is 6.07 Å². The molecule has 0 fully saturated rings. The summed E-state index contributed by atoms with van der Waals surface area (Å²) in [7, 11) is 1.00. The van der Waals surface area contributed by atoms with Crippen LogP contribution in [0.1, 0.15) is 45.7 Å². The molecular weight excluding hydrogens is 296 g/mol. The fraction of sp³-hybridized carbons (Fsp3) is 0.529. The molecule has 0 unspecified atom stereocenters. The zero-order valence-electron chi connectivity index (χ0n) is 14.6. The van der Waals surface area contributed by atoms with Crippen LogP contribution in [0.5, 0.6) is 0 Å². The molecule has 22 heavy (non-hydrogen) atoms. The van der Waals surface area contributed by atoms with E-state index in [1.54, 1.807) is 0 Å². The van der Waals surface area contributed by atoms with Crippen LogP contribution >= 0.6 is 0 Å². The minimum absolute atomic E-state index is 0.320. The lowest BCUT2D eigenvalue weighted by Gasteiger charge is -2.26. The average molecular weight is 322 g/mol. The van der Waals surface area contributed by atoms with Crippen molar-refractivity contribution in [1.29, 1.82) is 0 Å². The van der Waals surface area contributed by atoms with E-state index in [0.717, 1.165) is 12.0 Å². The Morgan fingerprint density at radius 2 is 1.45 bits per heavy atom. The monoisotopic (exact) mass is 322 g/mol. The van der Waals surface area contributed by atoms with E-state index in [9.17, 15) is 9.59 Å². The third-order valence-corrected chi connectivity index (χ3v) is 5.92. The van der Waals surface area contributed by atoms with Crippen LogP contribution in [0.25, 0.3) is 0 Å². The molecule has 0 heterocycles. The largest absolute Gasteiger partial charge is 0.465 e. The van der Waals surface area contributed by atoms with Crippen molar-refractivity contribution in [3.05, 3.63) is 28.3 Å². The minimum Gasteiger partial charge on any atom is -0.465 e. The van der Waals surface area contributed by atoms with Gasteiger partial charge in [-0.2, -0.15) is 0 Å². The van der Waals surface area contributed by atoms with Gasteiger partial charge in [0.2, 0.25) is 0 Å². The lowest BCUT2D eigenvalue weighted by molar-refractivity contribution is 0.0554. The Morgan fingerprint density at radius 1 is 0.955 bits per heavy atom. The predicted octanol–water partition coefficient (Wildman–Crippen LogP) is 2.93. The van der Waals surface area contributed by atoms with Gasteiger partial charge in [-0.1, -0.05) is 38.7 Å². The van der Waals surface area contributed by atoms with Crippen LogP contribution in [0.4, 0.5) is 0 Å². The molecule has 4 nitrogen and oxygen atoms in total. The fourth-order valence-corrected chi connectivity index (χ4v) is 4.66. The molecule has 0 aromatic heterocycles. The number of carbonyl (C=O) groups is 2. The molecule has 0 spiro atoms. The third kappa shape index (κ3) is 3.40. The molecule has 0 saturated heterocycles. The molecule has 1 aromatic carbocycles. The zero-order valence-corrected chi connectivity index (χ0v) is 15.6. The van der Waals surface area contributed by atoms with E-state index in [2.05, 4.69) is 26.6 Å². The molecule has 1 rings (SSSR count). The SMILES string of the molecule is CCc1c([Si](C)(C)C)cc(C(=O)OC)c(C(=O)OC)c1CC. The normalized spacial score (nSPS) is 11.2. The van der Waals surface area contributed by atoms with Gasteiger partial charge in [-0.3, -0.25) is 0 Å². The van der Waals surface area contributed by atoms with Crippen molar-refractivity contribution >= 4 is 25.2 Å². The molecule has 0 N–H and O–H groups in total. The highest BCUT2D eigenvalue weighted by Gasteiger charge is 2.30. The summed E-state index contributed by atoms with van der Waals surface area (Å²) in [6.45, 7) is 10.8. The van der Waals surface area contributed by atoms with Gasteiger partial charge >= 0.3 is 11.9 Å². The van der Waals surface area contributed by atoms with Gasteiger partial charge in [-0.05, 0) is 30.0 Å². The molecule has 0 aliphatic heterocycles. The summed E-state index contributed by atoms with van der Waals surface area (Å²) in [5.41, 5.74) is 2.76. The van der Waals surface area contributed by atoms with Gasteiger partial charge in [0.25, 0.3) is 0 Å². The number of methoxy groups -OCH3 is 2. The summed E-state index contributed by atoms with van der Waals surface area (Å²) >= 11 is 0. The second kappa shape index (κ2) is 7.09. The second-order valence-corrected chi connectivity index (χ2v) is 11.3. The number of rotatable bonds is 5. The molecule has 0 aliphatic rings. The topological polar surface area (TPSA) is 52.6 Å². The Morgan fingerprint density at radius 3 is 1.82 bits per heavy atom. The standard InChI is InChI=1S/C17H26O4Si/c1-8-11-12(9-2)15(17(19)21-4)13(16(18)20-3)10-14(11)22(5,6)7/h10H,8-9H2,1-7H3. The van der Waals surface area contributed by atoms with Gasteiger partial charge in [0.05, 0.1) is 33.4 Å². The van der Waals surface area contributed by atoms with Gasteiger partial charge in [-0.25, -0.2) is 9.59 Å². The van der Waals surface area contributed by atoms with Crippen LogP contribution in [0.2, 0.25) is 19.6 Å². The van der Waals surface area contributed by atoms with Crippen molar-refractivity contribution in [3.8, 4) is 0 Å². The fourth-order valence-electron chi connectivity index (χ4n) is 2.85. The average Bonchev–Trinajstić information content (AvgIpc) is 2.49. The van der Waals surface area contributed by atoms with Gasteiger partial charge < -0.3 is 9.47 Å². The molecule has 122 valence electrons. The molecule has 0 amide bonds. The Balaban J connectivity index is 3.89. The van der Waals surface area contributed by atoms with E-state index in [0.29, 0.717) is 17.5 Å². The van der Waals surface area contributed by atoms with E-state index in [1.165, 1.54) is 25.0 Å². The molecule has 0 radical (unpaired) electrons. The quantitative estimate of drug-likeness (QED) is 0.618. The van der Waals surface area contributed by atoms with E-state index >= 15 is 0 Å². The van der Waals surface area contributed by atoms with E-state index in [1.807, 2.05) is 13.0 Å². The Bertz CT molecular complexity index is 585.